The summed E-state index contributed by atoms with van der Waals surface area (Å²) in [5.74, 6) is 0.448. The molecule has 0 spiro atoms. The molecule has 0 saturated heterocycles. The van der Waals surface area contributed by atoms with E-state index in [0.29, 0.717) is 28.0 Å². The smallest absolute Gasteiger partial charge is 0.154 e. The summed E-state index contributed by atoms with van der Waals surface area (Å²) < 4.78 is 27.9. The highest BCUT2D eigenvalue weighted by atomic mass is 35.5. The second-order valence-corrected chi connectivity index (χ2v) is 8.82. The average molecular weight is 360 g/mol. The number of rotatable bonds is 5. The van der Waals surface area contributed by atoms with E-state index in [4.69, 9.17) is 39.5 Å². The Bertz CT molecular complexity index is 597. The minimum atomic E-state index is -3.36. The van der Waals surface area contributed by atoms with E-state index in [0.717, 1.165) is 6.26 Å². The Hall–Kier alpha value is -0.160. The summed E-state index contributed by atoms with van der Waals surface area (Å²) in [7, 11) is -3.36. The highest BCUT2D eigenvalue weighted by Gasteiger charge is 2.40. The topological polar surface area (TPSA) is 43.4 Å². The van der Waals surface area contributed by atoms with Crippen LogP contribution in [0.15, 0.2) is 12.1 Å². The van der Waals surface area contributed by atoms with Gasteiger partial charge in [0, 0.05) is 17.3 Å². The molecule has 0 amide bonds. The first-order valence-corrected chi connectivity index (χ1v) is 9.06. The minimum Gasteiger partial charge on any atom is -0.492 e. The van der Waals surface area contributed by atoms with Crippen molar-refractivity contribution in [2.45, 2.75) is 30.9 Å². The first kappa shape index (κ1) is 17.9. The van der Waals surface area contributed by atoms with Crippen LogP contribution in [0.4, 0.5) is 0 Å². The minimum absolute atomic E-state index is 0.328. The van der Waals surface area contributed by atoms with E-state index in [1.807, 2.05) is 6.92 Å². The molecule has 1 aromatic rings. The number of benzene rings is 1. The molecule has 0 fully saturated rings. The molecular weight excluding hydrogens is 343 g/mol. The molecule has 3 nitrogen and oxygen atoms in total. The summed E-state index contributed by atoms with van der Waals surface area (Å²) in [6.07, 6.45) is 1.15. The summed E-state index contributed by atoms with van der Waals surface area (Å²) in [6.45, 7) is 5.39. The third kappa shape index (κ3) is 3.53. The van der Waals surface area contributed by atoms with Gasteiger partial charge in [-0.1, -0.05) is 23.2 Å². The Morgan fingerprint density at radius 1 is 1.25 bits per heavy atom. The lowest BCUT2D eigenvalue weighted by molar-refractivity contribution is 0.340. The largest absolute Gasteiger partial charge is 0.492 e. The van der Waals surface area contributed by atoms with E-state index in [-0.39, 0.29) is 0 Å². The van der Waals surface area contributed by atoms with Crippen molar-refractivity contribution in [1.82, 2.24) is 0 Å². The molecule has 0 heterocycles. The maximum absolute atomic E-state index is 11.8. The van der Waals surface area contributed by atoms with Gasteiger partial charge in [-0.3, -0.25) is 0 Å². The molecule has 1 rings (SSSR count). The summed E-state index contributed by atoms with van der Waals surface area (Å²) in [5.41, 5.74) is 0.470. The van der Waals surface area contributed by atoms with Gasteiger partial charge in [0.15, 0.2) is 9.84 Å². The summed E-state index contributed by atoms with van der Waals surface area (Å²) in [6, 6.07) is 3.11. The van der Waals surface area contributed by atoms with Crippen LogP contribution >= 0.6 is 34.8 Å². The third-order valence-electron chi connectivity index (χ3n) is 3.19. The Morgan fingerprint density at radius 2 is 1.80 bits per heavy atom. The molecule has 0 aromatic heterocycles. The van der Waals surface area contributed by atoms with Gasteiger partial charge in [-0.05, 0) is 32.4 Å². The Morgan fingerprint density at radius 3 is 2.25 bits per heavy atom. The zero-order valence-corrected chi connectivity index (χ0v) is 14.8. The number of alkyl halides is 1. The number of halogens is 3. The lowest BCUT2D eigenvalue weighted by Crippen LogP contribution is -2.35. The number of hydrogen-bond donors (Lipinski definition) is 0. The van der Waals surface area contributed by atoms with Crippen molar-refractivity contribution < 1.29 is 13.2 Å². The molecule has 0 N–H and O–H groups in total. The predicted molar refractivity (Wildman–Crippen MR) is 85.1 cm³/mol. The van der Waals surface area contributed by atoms with Gasteiger partial charge in [-0.2, -0.15) is 0 Å². The van der Waals surface area contributed by atoms with Gasteiger partial charge in [0.2, 0.25) is 0 Å². The molecule has 0 bridgehead atoms. The van der Waals surface area contributed by atoms with Crippen LogP contribution in [-0.2, 0) is 9.84 Å². The van der Waals surface area contributed by atoms with Crippen molar-refractivity contribution in [2.24, 2.45) is 0 Å². The molecule has 1 aromatic carbocycles. The molecule has 7 heteroatoms. The molecule has 0 saturated carbocycles. The monoisotopic (exact) mass is 358 g/mol. The Labute approximate surface area is 135 Å². The van der Waals surface area contributed by atoms with Gasteiger partial charge in [0.05, 0.1) is 21.8 Å². The summed E-state index contributed by atoms with van der Waals surface area (Å²) >= 11 is 18.6. The lowest BCUT2D eigenvalue weighted by atomic mass is 10.0. The van der Waals surface area contributed by atoms with Crippen molar-refractivity contribution in [2.75, 3.05) is 12.9 Å². The number of sulfone groups is 1. The molecular formula is C13H17Cl3O3S. The van der Waals surface area contributed by atoms with E-state index >= 15 is 0 Å². The second-order valence-electron chi connectivity index (χ2n) is 4.98. The predicted octanol–water partition coefficient (Wildman–Crippen LogP) is 4.50. The van der Waals surface area contributed by atoms with Gasteiger partial charge in [0.25, 0.3) is 0 Å². The van der Waals surface area contributed by atoms with Crippen LogP contribution in [0, 0.1) is 0 Å². The van der Waals surface area contributed by atoms with Crippen LogP contribution in [0.3, 0.4) is 0 Å². The number of ether oxygens (including phenoxy) is 1. The van der Waals surface area contributed by atoms with Crippen LogP contribution in [0.1, 0.15) is 31.7 Å². The summed E-state index contributed by atoms with van der Waals surface area (Å²) in [4.78, 5) is 0. The highest BCUT2D eigenvalue weighted by Crippen LogP contribution is 2.43. The van der Waals surface area contributed by atoms with E-state index < -0.39 is 20.0 Å². The standard InChI is InChI=1S/C13H17Cl3O3S/c1-5-19-11-7-9(14)8(6-10(11)15)12(16)13(2,3)20(4,17)18/h6-7,12H,5H2,1-4H3. The Balaban J connectivity index is 3.31. The fourth-order valence-corrected chi connectivity index (χ4v) is 3.28. The normalized spacial score (nSPS) is 14.2. The molecule has 0 radical (unpaired) electrons. The van der Waals surface area contributed by atoms with Crippen molar-refractivity contribution in [1.29, 1.82) is 0 Å². The fourth-order valence-electron chi connectivity index (χ4n) is 1.57. The van der Waals surface area contributed by atoms with E-state index in [1.54, 1.807) is 26.0 Å². The third-order valence-corrected chi connectivity index (χ3v) is 6.87. The zero-order chi connectivity index (χ0) is 15.7. The SMILES string of the molecule is CCOc1cc(Cl)c(C(Cl)C(C)(C)S(C)(=O)=O)cc1Cl. The molecule has 0 aliphatic rings. The molecule has 0 aliphatic carbocycles. The maximum atomic E-state index is 11.8. The van der Waals surface area contributed by atoms with Gasteiger partial charge < -0.3 is 4.74 Å². The van der Waals surface area contributed by atoms with Crippen LogP contribution in [0.5, 0.6) is 5.75 Å². The van der Waals surface area contributed by atoms with Crippen LogP contribution in [0.2, 0.25) is 10.0 Å². The zero-order valence-electron chi connectivity index (χ0n) is 11.7. The molecule has 20 heavy (non-hydrogen) atoms. The van der Waals surface area contributed by atoms with Gasteiger partial charge in [-0.25, -0.2) is 8.42 Å². The van der Waals surface area contributed by atoms with Crippen LogP contribution < -0.4 is 4.74 Å². The van der Waals surface area contributed by atoms with E-state index in [2.05, 4.69) is 0 Å². The van der Waals surface area contributed by atoms with Crippen molar-refractivity contribution in [3.8, 4) is 5.75 Å². The second kappa shape index (κ2) is 6.30. The number of hydrogen-bond acceptors (Lipinski definition) is 3. The van der Waals surface area contributed by atoms with Crippen LogP contribution in [-0.4, -0.2) is 26.0 Å². The van der Waals surface area contributed by atoms with Crippen LogP contribution in [0.25, 0.3) is 0 Å². The average Bonchev–Trinajstić information content (AvgIpc) is 2.31. The van der Waals surface area contributed by atoms with E-state index in [1.165, 1.54) is 0 Å². The molecule has 1 atom stereocenters. The first-order chi connectivity index (χ1) is 9.02. The van der Waals surface area contributed by atoms with Gasteiger partial charge >= 0.3 is 0 Å². The Kier molecular flexibility index (Phi) is 5.64. The van der Waals surface area contributed by atoms with Crippen molar-refractivity contribution in [3.63, 3.8) is 0 Å². The fraction of sp³-hybridized carbons (Fsp3) is 0.538. The first-order valence-electron chi connectivity index (χ1n) is 5.97. The molecule has 1 unspecified atom stereocenters. The van der Waals surface area contributed by atoms with E-state index in [9.17, 15) is 8.42 Å². The van der Waals surface area contributed by atoms with Crippen molar-refractivity contribution >= 4 is 44.6 Å². The van der Waals surface area contributed by atoms with Gasteiger partial charge in [0.1, 0.15) is 5.75 Å². The summed E-state index contributed by atoms with van der Waals surface area (Å²) in [5, 5.41) is -0.144. The van der Waals surface area contributed by atoms with Crippen molar-refractivity contribution in [3.05, 3.63) is 27.7 Å². The van der Waals surface area contributed by atoms with Gasteiger partial charge in [-0.15, -0.1) is 11.6 Å². The maximum Gasteiger partial charge on any atom is 0.154 e. The lowest BCUT2D eigenvalue weighted by Gasteiger charge is -2.29. The molecule has 0 aliphatic heterocycles. The molecule has 114 valence electrons. The highest BCUT2D eigenvalue weighted by molar-refractivity contribution is 7.92. The quantitative estimate of drug-likeness (QED) is 0.727.